The number of pyridine rings is 2. The molecule has 0 atom stereocenters. The van der Waals surface area contributed by atoms with E-state index in [1.54, 1.807) is 18.5 Å². The third kappa shape index (κ3) is 2.51. The Morgan fingerprint density at radius 1 is 1.06 bits per heavy atom. The maximum absolute atomic E-state index is 11.2. The summed E-state index contributed by atoms with van der Waals surface area (Å²) in [5.41, 5.74) is 2.78. The van der Waals surface area contributed by atoms with Crippen molar-refractivity contribution in [2.24, 2.45) is 0 Å². The van der Waals surface area contributed by atoms with Gasteiger partial charge in [-0.2, -0.15) is 0 Å². The maximum Gasteiger partial charge on any atom is 0.236 e. The highest BCUT2D eigenvalue weighted by atomic mass is 16.1. The zero-order chi connectivity index (χ0) is 12.8. The Hall–Kier alpha value is -2.29. The SMILES string of the molecule is CC/C(=C(\[C]=O)c1ccccn1)c1ccccn1. The first-order valence-corrected chi connectivity index (χ1v) is 5.81. The molecule has 2 heterocycles. The van der Waals surface area contributed by atoms with Gasteiger partial charge in [0.05, 0.1) is 17.0 Å². The lowest BCUT2D eigenvalue weighted by molar-refractivity contribution is 0.565. The summed E-state index contributed by atoms with van der Waals surface area (Å²) in [6.07, 6.45) is 6.08. The van der Waals surface area contributed by atoms with E-state index in [1.165, 1.54) is 0 Å². The number of allylic oxidation sites excluding steroid dienone is 2. The summed E-state index contributed by atoms with van der Waals surface area (Å²) in [5.74, 6) is 0. The summed E-state index contributed by atoms with van der Waals surface area (Å²) >= 11 is 0. The molecule has 0 spiro atoms. The molecule has 0 amide bonds. The monoisotopic (exact) mass is 237 g/mol. The minimum Gasteiger partial charge on any atom is -0.285 e. The van der Waals surface area contributed by atoms with E-state index in [0.29, 0.717) is 17.7 Å². The van der Waals surface area contributed by atoms with Crippen LogP contribution >= 0.6 is 0 Å². The van der Waals surface area contributed by atoms with Crippen LogP contribution in [0.3, 0.4) is 0 Å². The van der Waals surface area contributed by atoms with Crippen molar-refractivity contribution in [3.8, 4) is 0 Å². The molecule has 3 nitrogen and oxygen atoms in total. The minimum atomic E-state index is 0.483. The molecule has 1 radical (unpaired) electrons. The molecule has 3 heteroatoms. The molecule has 2 aromatic rings. The number of aromatic nitrogens is 2. The van der Waals surface area contributed by atoms with Crippen molar-refractivity contribution < 1.29 is 4.79 Å². The number of rotatable bonds is 4. The minimum absolute atomic E-state index is 0.483. The van der Waals surface area contributed by atoms with Crippen molar-refractivity contribution in [2.75, 3.05) is 0 Å². The Bertz CT molecular complexity index is 547. The fourth-order valence-corrected chi connectivity index (χ4v) is 1.81. The molecule has 2 rings (SSSR count). The summed E-state index contributed by atoms with van der Waals surface area (Å²) in [6, 6.07) is 11.1. The molecule has 0 aliphatic heterocycles. The highest BCUT2D eigenvalue weighted by Gasteiger charge is 2.11. The molecule has 0 aliphatic carbocycles. The van der Waals surface area contributed by atoms with Gasteiger partial charge in [-0.25, -0.2) is 0 Å². The Labute approximate surface area is 106 Å². The predicted molar refractivity (Wildman–Crippen MR) is 71.3 cm³/mol. The molecule has 0 bridgehead atoms. The van der Waals surface area contributed by atoms with Crippen LogP contribution in [0, 0.1) is 0 Å². The van der Waals surface area contributed by atoms with Crippen molar-refractivity contribution in [3.63, 3.8) is 0 Å². The van der Waals surface area contributed by atoms with Crippen molar-refractivity contribution in [2.45, 2.75) is 13.3 Å². The van der Waals surface area contributed by atoms with E-state index in [1.807, 2.05) is 43.5 Å². The van der Waals surface area contributed by atoms with Gasteiger partial charge in [-0.15, -0.1) is 0 Å². The Morgan fingerprint density at radius 2 is 1.67 bits per heavy atom. The van der Waals surface area contributed by atoms with E-state index in [4.69, 9.17) is 0 Å². The van der Waals surface area contributed by atoms with E-state index in [-0.39, 0.29) is 0 Å². The fourth-order valence-electron chi connectivity index (χ4n) is 1.81. The largest absolute Gasteiger partial charge is 0.285 e. The van der Waals surface area contributed by atoms with Gasteiger partial charge in [-0.1, -0.05) is 19.1 Å². The molecular formula is C15H13N2O. The second-order valence-electron chi connectivity index (χ2n) is 3.74. The van der Waals surface area contributed by atoms with Crippen LogP contribution in [0.1, 0.15) is 24.7 Å². The summed E-state index contributed by atoms with van der Waals surface area (Å²) in [7, 11) is 0. The van der Waals surface area contributed by atoms with Gasteiger partial charge in [0, 0.05) is 12.4 Å². The number of hydrogen-bond acceptors (Lipinski definition) is 3. The molecule has 0 saturated heterocycles. The van der Waals surface area contributed by atoms with Crippen LogP contribution in [0.15, 0.2) is 48.8 Å². The van der Waals surface area contributed by atoms with Gasteiger partial charge in [0.15, 0.2) is 0 Å². The maximum atomic E-state index is 11.2. The molecule has 0 fully saturated rings. The van der Waals surface area contributed by atoms with Gasteiger partial charge >= 0.3 is 0 Å². The number of nitrogens with zero attached hydrogens (tertiary/aromatic N) is 2. The van der Waals surface area contributed by atoms with Gasteiger partial charge in [-0.3, -0.25) is 14.8 Å². The lowest BCUT2D eigenvalue weighted by Gasteiger charge is -2.07. The van der Waals surface area contributed by atoms with Crippen LogP contribution in [-0.4, -0.2) is 16.3 Å². The molecule has 0 aromatic carbocycles. The molecule has 0 unspecified atom stereocenters. The molecular weight excluding hydrogens is 224 g/mol. The molecule has 0 aliphatic rings. The summed E-state index contributed by atoms with van der Waals surface area (Å²) in [5, 5.41) is 0. The average molecular weight is 237 g/mol. The molecule has 0 N–H and O–H groups in total. The van der Waals surface area contributed by atoms with E-state index in [0.717, 1.165) is 11.3 Å². The quantitative estimate of drug-likeness (QED) is 0.768. The second-order valence-corrected chi connectivity index (χ2v) is 3.74. The van der Waals surface area contributed by atoms with E-state index in [9.17, 15) is 4.79 Å². The summed E-state index contributed by atoms with van der Waals surface area (Å²) < 4.78 is 0. The second kappa shape index (κ2) is 5.87. The first kappa shape index (κ1) is 12.2. The Kier molecular flexibility index (Phi) is 3.97. The fraction of sp³-hybridized carbons (Fsp3) is 0.133. The highest BCUT2D eigenvalue weighted by molar-refractivity contribution is 6.16. The van der Waals surface area contributed by atoms with E-state index >= 15 is 0 Å². The highest BCUT2D eigenvalue weighted by Crippen LogP contribution is 2.24. The Morgan fingerprint density at radius 3 is 2.11 bits per heavy atom. The molecule has 2 aromatic heterocycles. The van der Waals surface area contributed by atoms with Crippen LogP contribution in [0.25, 0.3) is 11.1 Å². The first-order valence-electron chi connectivity index (χ1n) is 5.81. The molecule has 89 valence electrons. The summed E-state index contributed by atoms with van der Waals surface area (Å²) in [4.78, 5) is 19.7. The molecule has 0 saturated carbocycles. The van der Waals surface area contributed by atoms with Gasteiger partial charge < -0.3 is 0 Å². The predicted octanol–water partition coefficient (Wildman–Crippen LogP) is 2.91. The third-order valence-corrected chi connectivity index (χ3v) is 2.65. The van der Waals surface area contributed by atoms with Gasteiger partial charge in [0.25, 0.3) is 0 Å². The van der Waals surface area contributed by atoms with Crippen molar-refractivity contribution in [1.29, 1.82) is 0 Å². The van der Waals surface area contributed by atoms with E-state index < -0.39 is 0 Å². The van der Waals surface area contributed by atoms with Crippen LogP contribution < -0.4 is 0 Å². The molecule has 18 heavy (non-hydrogen) atoms. The number of hydrogen-bond donors (Lipinski definition) is 0. The van der Waals surface area contributed by atoms with Crippen LogP contribution in [0.2, 0.25) is 0 Å². The zero-order valence-electron chi connectivity index (χ0n) is 10.1. The van der Waals surface area contributed by atoms with Gasteiger partial charge in [0.1, 0.15) is 0 Å². The zero-order valence-corrected chi connectivity index (χ0v) is 10.1. The average Bonchev–Trinajstić information content (AvgIpc) is 2.46. The Balaban J connectivity index is 2.57. The third-order valence-electron chi connectivity index (χ3n) is 2.65. The normalized spacial score (nSPS) is 11.8. The lowest BCUT2D eigenvalue weighted by Crippen LogP contribution is -1.97. The van der Waals surface area contributed by atoms with Crippen LogP contribution in [-0.2, 0) is 4.79 Å². The topological polar surface area (TPSA) is 42.9 Å². The van der Waals surface area contributed by atoms with Crippen LogP contribution in [0.5, 0.6) is 0 Å². The van der Waals surface area contributed by atoms with E-state index in [2.05, 4.69) is 9.97 Å². The first-order chi connectivity index (χ1) is 8.86. The van der Waals surface area contributed by atoms with Gasteiger partial charge in [-0.05, 0) is 36.3 Å². The lowest BCUT2D eigenvalue weighted by atomic mass is 10.00. The van der Waals surface area contributed by atoms with Crippen LogP contribution in [0.4, 0.5) is 0 Å². The standard InChI is InChI=1S/C15H13N2O/c1-2-12(14-7-3-5-9-16-14)13(11-18)15-8-4-6-10-17-15/h3-10H,2H2,1H3/b13-12-. The summed E-state index contributed by atoms with van der Waals surface area (Å²) in [6.45, 7) is 1.99. The van der Waals surface area contributed by atoms with Crippen molar-refractivity contribution in [1.82, 2.24) is 9.97 Å². The smallest absolute Gasteiger partial charge is 0.236 e. The van der Waals surface area contributed by atoms with Gasteiger partial charge in [0.2, 0.25) is 6.29 Å². The number of carbonyl (C=O) groups excluding carboxylic acids is 1. The van der Waals surface area contributed by atoms with Crippen molar-refractivity contribution in [3.05, 3.63) is 60.2 Å². The van der Waals surface area contributed by atoms with Crippen molar-refractivity contribution >= 4 is 17.4 Å².